The number of hydrogen-bond acceptors (Lipinski definition) is 5. The van der Waals surface area contributed by atoms with Gasteiger partial charge in [0.05, 0.1) is 11.9 Å². The Morgan fingerprint density at radius 2 is 2.38 bits per heavy atom. The van der Waals surface area contributed by atoms with Gasteiger partial charge in [-0.25, -0.2) is 0 Å². The summed E-state index contributed by atoms with van der Waals surface area (Å²) in [5.74, 6) is -0.0667. The lowest BCUT2D eigenvalue weighted by Gasteiger charge is -2.13. The highest BCUT2D eigenvalue weighted by Gasteiger charge is 2.19. The monoisotopic (exact) mass is 236 g/mol. The third kappa shape index (κ3) is 1.61. The first-order valence-electron chi connectivity index (χ1n) is 4.90. The summed E-state index contributed by atoms with van der Waals surface area (Å²) in [7, 11) is 1.75. The number of fused-ring (bicyclic) bond motifs is 1. The van der Waals surface area contributed by atoms with E-state index < -0.39 is 0 Å². The minimum absolute atomic E-state index is 0.0667. The summed E-state index contributed by atoms with van der Waals surface area (Å²) < 4.78 is 0. The van der Waals surface area contributed by atoms with Gasteiger partial charge in [-0.2, -0.15) is 5.10 Å². The topological polar surface area (TPSA) is 72.1 Å². The van der Waals surface area contributed by atoms with Gasteiger partial charge in [0, 0.05) is 19.0 Å². The minimum atomic E-state index is -0.0667. The number of amides is 1. The minimum Gasteiger partial charge on any atom is -0.397 e. The normalized spacial score (nSPS) is 10.6. The first-order chi connectivity index (χ1) is 7.65. The van der Waals surface area contributed by atoms with Gasteiger partial charge in [0.2, 0.25) is 0 Å². The van der Waals surface area contributed by atoms with E-state index in [4.69, 9.17) is 5.73 Å². The summed E-state index contributed by atoms with van der Waals surface area (Å²) in [5, 5.41) is 8.52. The third-order valence-electron chi connectivity index (χ3n) is 2.44. The molecular formula is C10H12N4OS. The van der Waals surface area contributed by atoms with Crippen molar-refractivity contribution in [1.82, 2.24) is 15.1 Å². The van der Waals surface area contributed by atoms with E-state index in [1.807, 2.05) is 6.92 Å². The van der Waals surface area contributed by atoms with Crippen molar-refractivity contribution in [3.63, 3.8) is 0 Å². The van der Waals surface area contributed by atoms with Crippen LogP contribution in [0.2, 0.25) is 0 Å². The quantitative estimate of drug-likeness (QED) is 0.854. The van der Waals surface area contributed by atoms with Gasteiger partial charge in [-0.15, -0.1) is 16.4 Å². The maximum atomic E-state index is 12.0. The molecule has 6 heteroatoms. The molecule has 0 saturated carbocycles. The largest absolute Gasteiger partial charge is 0.397 e. The van der Waals surface area contributed by atoms with Gasteiger partial charge >= 0.3 is 0 Å². The Morgan fingerprint density at radius 1 is 1.62 bits per heavy atom. The second kappa shape index (κ2) is 4.05. The van der Waals surface area contributed by atoms with E-state index >= 15 is 0 Å². The molecule has 2 heterocycles. The molecule has 84 valence electrons. The molecule has 0 radical (unpaired) electrons. The molecule has 0 aromatic carbocycles. The fraction of sp³-hybridized carbons (Fsp3) is 0.300. The molecule has 0 aliphatic carbocycles. The van der Waals surface area contributed by atoms with E-state index in [2.05, 4.69) is 10.2 Å². The Balaban J connectivity index is 2.53. The molecule has 2 rings (SSSR count). The lowest BCUT2D eigenvalue weighted by Crippen LogP contribution is -2.25. The van der Waals surface area contributed by atoms with Gasteiger partial charge in [-0.05, 0) is 13.0 Å². The molecule has 0 saturated heterocycles. The molecule has 0 bridgehead atoms. The van der Waals surface area contributed by atoms with Crippen molar-refractivity contribution in [2.24, 2.45) is 0 Å². The fourth-order valence-electron chi connectivity index (χ4n) is 1.35. The van der Waals surface area contributed by atoms with Crippen molar-refractivity contribution in [3.05, 3.63) is 17.1 Å². The van der Waals surface area contributed by atoms with Crippen molar-refractivity contribution < 1.29 is 4.79 Å². The number of hydrogen-bond donors (Lipinski definition) is 1. The predicted octanol–water partition coefficient (Wildman–Crippen LogP) is 1.37. The number of nitrogens with zero attached hydrogens (tertiary/aromatic N) is 3. The second-order valence-corrected chi connectivity index (χ2v) is 4.41. The van der Waals surface area contributed by atoms with Crippen LogP contribution in [0.15, 0.2) is 12.3 Å². The Morgan fingerprint density at radius 3 is 3.00 bits per heavy atom. The van der Waals surface area contributed by atoms with Crippen LogP contribution in [-0.4, -0.2) is 34.6 Å². The van der Waals surface area contributed by atoms with Crippen LogP contribution < -0.4 is 5.73 Å². The zero-order valence-corrected chi connectivity index (χ0v) is 9.91. The molecule has 1 amide bonds. The fourth-order valence-corrected chi connectivity index (χ4v) is 2.38. The van der Waals surface area contributed by atoms with Gasteiger partial charge in [0.15, 0.2) is 0 Å². The summed E-state index contributed by atoms with van der Waals surface area (Å²) in [6.07, 6.45) is 1.57. The molecule has 0 unspecified atom stereocenters. The Kier molecular flexibility index (Phi) is 2.74. The molecule has 0 spiro atoms. The number of nitrogens with two attached hydrogens (primary N) is 1. The van der Waals surface area contributed by atoms with Crippen LogP contribution >= 0.6 is 11.3 Å². The molecule has 16 heavy (non-hydrogen) atoms. The van der Waals surface area contributed by atoms with E-state index in [0.29, 0.717) is 21.9 Å². The average Bonchev–Trinajstić information content (AvgIpc) is 2.65. The van der Waals surface area contributed by atoms with Crippen LogP contribution in [0.4, 0.5) is 5.69 Å². The average molecular weight is 236 g/mol. The molecule has 0 fully saturated rings. The van der Waals surface area contributed by atoms with Gasteiger partial charge in [0.25, 0.3) is 5.91 Å². The van der Waals surface area contributed by atoms with Crippen LogP contribution in [0.3, 0.4) is 0 Å². The van der Waals surface area contributed by atoms with Crippen LogP contribution in [0.1, 0.15) is 16.6 Å². The third-order valence-corrected chi connectivity index (χ3v) is 3.53. The Labute approximate surface area is 96.9 Å². The molecule has 2 aromatic rings. The van der Waals surface area contributed by atoms with Crippen LogP contribution in [0.5, 0.6) is 0 Å². The van der Waals surface area contributed by atoms with Crippen LogP contribution in [-0.2, 0) is 0 Å². The maximum absolute atomic E-state index is 12.0. The van der Waals surface area contributed by atoms with Crippen molar-refractivity contribution in [2.45, 2.75) is 6.92 Å². The summed E-state index contributed by atoms with van der Waals surface area (Å²) in [6, 6.07) is 1.77. The highest BCUT2D eigenvalue weighted by molar-refractivity contribution is 7.21. The van der Waals surface area contributed by atoms with E-state index in [1.54, 1.807) is 24.2 Å². The van der Waals surface area contributed by atoms with Crippen molar-refractivity contribution >= 4 is 33.1 Å². The predicted molar refractivity (Wildman–Crippen MR) is 64.5 cm³/mol. The number of nitrogen functional groups attached to an aromatic ring is 1. The molecule has 0 aliphatic rings. The first-order valence-corrected chi connectivity index (χ1v) is 5.72. The van der Waals surface area contributed by atoms with Gasteiger partial charge < -0.3 is 10.6 Å². The summed E-state index contributed by atoms with van der Waals surface area (Å²) in [6.45, 7) is 2.57. The number of carbonyl (C=O) groups excluding carboxylic acids is 1. The lowest BCUT2D eigenvalue weighted by molar-refractivity contribution is 0.0808. The Hall–Kier alpha value is -1.69. The van der Waals surface area contributed by atoms with Gasteiger partial charge in [-0.3, -0.25) is 4.79 Å². The standard InChI is InChI=1S/C10H12N4OS/c1-3-14(2)10(15)8-7(11)6-4-5-12-13-9(6)16-8/h4-5H,3,11H2,1-2H3. The molecular weight excluding hydrogens is 224 g/mol. The summed E-state index contributed by atoms with van der Waals surface area (Å²) in [5.41, 5.74) is 6.43. The van der Waals surface area contributed by atoms with Gasteiger partial charge in [0.1, 0.15) is 9.71 Å². The summed E-state index contributed by atoms with van der Waals surface area (Å²) in [4.78, 5) is 14.8. The maximum Gasteiger partial charge on any atom is 0.265 e. The van der Waals surface area contributed by atoms with E-state index in [-0.39, 0.29) is 5.91 Å². The van der Waals surface area contributed by atoms with Crippen molar-refractivity contribution in [3.8, 4) is 0 Å². The molecule has 0 atom stereocenters. The molecule has 2 N–H and O–H groups in total. The first kappa shape index (κ1) is 10.8. The number of carbonyl (C=O) groups is 1. The van der Waals surface area contributed by atoms with E-state index in [1.165, 1.54) is 11.3 Å². The number of rotatable bonds is 2. The molecule has 2 aromatic heterocycles. The highest BCUT2D eigenvalue weighted by atomic mass is 32.1. The number of thiophene rings is 1. The molecule has 0 aliphatic heterocycles. The highest BCUT2D eigenvalue weighted by Crippen LogP contribution is 2.32. The smallest absolute Gasteiger partial charge is 0.265 e. The summed E-state index contributed by atoms with van der Waals surface area (Å²) >= 11 is 1.29. The zero-order valence-electron chi connectivity index (χ0n) is 9.10. The van der Waals surface area contributed by atoms with E-state index in [0.717, 1.165) is 5.39 Å². The SMILES string of the molecule is CCN(C)C(=O)c1sc2nnccc2c1N. The van der Waals surface area contributed by atoms with Crippen molar-refractivity contribution in [2.75, 3.05) is 19.3 Å². The van der Waals surface area contributed by atoms with Gasteiger partial charge in [-0.1, -0.05) is 0 Å². The Bertz CT molecular complexity index is 537. The van der Waals surface area contributed by atoms with Crippen molar-refractivity contribution in [1.29, 1.82) is 0 Å². The van der Waals surface area contributed by atoms with E-state index in [9.17, 15) is 4.79 Å². The number of aromatic nitrogens is 2. The zero-order chi connectivity index (χ0) is 11.7. The lowest BCUT2D eigenvalue weighted by atomic mass is 10.2. The molecule has 5 nitrogen and oxygen atoms in total. The second-order valence-electron chi connectivity index (χ2n) is 3.41. The van der Waals surface area contributed by atoms with Crippen LogP contribution in [0.25, 0.3) is 10.2 Å². The van der Waals surface area contributed by atoms with Crippen LogP contribution in [0, 0.1) is 0 Å². The number of anilines is 1.